The molecule has 0 saturated heterocycles. The second-order valence-electron chi connectivity index (χ2n) is 4.75. The number of rotatable bonds is 2. The van der Waals surface area contributed by atoms with E-state index in [1.54, 1.807) is 0 Å². The van der Waals surface area contributed by atoms with Crippen LogP contribution in [0.3, 0.4) is 0 Å². The summed E-state index contributed by atoms with van der Waals surface area (Å²) in [6, 6.07) is 2.11. The number of ether oxygens (including phenoxy) is 2. The van der Waals surface area contributed by atoms with Gasteiger partial charge in [0.05, 0.1) is 4.47 Å². The van der Waals surface area contributed by atoms with Crippen molar-refractivity contribution in [3.05, 3.63) is 21.7 Å². The van der Waals surface area contributed by atoms with Gasteiger partial charge in [0.15, 0.2) is 11.5 Å². The molecule has 17 heavy (non-hydrogen) atoms. The molecule has 0 amide bonds. The molecule has 0 radical (unpaired) electrons. The van der Waals surface area contributed by atoms with Crippen LogP contribution in [-0.4, -0.2) is 13.2 Å². The van der Waals surface area contributed by atoms with Crippen molar-refractivity contribution < 1.29 is 9.47 Å². The van der Waals surface area contributed by atoms with Crippen LogP contribution in [0.25, 0.3) is 0 Å². The second-order valence-corrected chi connectivity index (χ2v) is 5.60. The largest absolute Gasteiger partial charge is 0.486 e. The zero-order valence-corrected chi connectivity index (χ0v) is 11.5. The first-order chi connectivity index (χ1) is 8.15. The van der Waals surface area contributed by atoms with Gasteiger partial charge in [-0.15, -0.1) is 0 Å². The number of halogens is 1. The molecule has 1 aliphatic heterocycles. The zero-order chi connectivity index (χ0) is 12.0. The van der Waals surface area contributed by atoms with E-state index in [0.29, 0.717) is 13.2 Å². The van der Waals surface area contributed by atoms with E-state index in [0.717, 1.165) is 35.2 Å². The SMILES string of the molecule is CCc1c(C2(N)CC2)cc(Br)c2c1OCCO2. The molecule has 0 unspecified atom stereocenters. The highest BCUT2D eigenvalue weighted by Gasteiger charge is 2.43. The molecule has 1 aliphatic carbocycles. The normalized spacial score (nSPS) is 20.2. The van der Waals surface area contributed by atoms with Crippen LogP contribution in [0.2, 0.25) is 0 Å². The van der Waals surface area contributed by atoms with Gasteiger partial charge in [0.2, 0.25) is 0 Å². The van der Waals surface area contributed by atoms with E-state index in [1.807, 2.05) is 0 Å². The topological polar surface area (TPSA) is 44.5 Å². The van der Waals surface area contributed by atoms with Crippen LogP contribution in [0, 0.1) is 0 Å². The molecule has 2 aliphatic rings. The summed E-state index contributed by atoms with van der Waals surface area (Å²) in [5.74, 6) is 1.72. The summed E-state index contributed by atoms with van der Waals surface area (Å²) < 4.78 is 12.4. The van der Waals surface area contributed by atoms with Gasteiger partial charge < -0.3 is 15.2 Å². The van der Waals surface area contributed by atoms with Crippen molar-refractivity contribution >= 4 is 15.9 Å². The summed E-state index contributed by atoms with van der Waals surface area (Å²) in [6.07, 6.45) is 3.05. The van der Waals surface area contributed by atoms with Crippen LogP contribution in [0.1, 0.15) is 30.9 Å². The maximum atomic E-state index is 6.33. The van der Waals surface area contributed by atoms with Crippen molar-refractivity contribution in [3.63, 3.8) is 0 Å². The number of nitrogens with two attached hydrogens (primary N) is 1. The van der Waals surface area contributed by atoms with Crippen LogP contribution < -0.4 is 15.2 Å². The van der Waals surface area contributed by atoms with Crippen molar-refractivity contribution in [2.24, 2.45) is 5.73 Å². The fraction of sp³-hybridized carbons (Fsp3) is 0.538. The Labute approximate surface area is 109 Å². The summed E-state index contributed by atoms with van der Waals surface area (Å²) in [6.45, 7) is 3.37. The standard InChI is InChI=1S/C13H16BrNO2/c1-2-8-9(13(15)3-4-13)7-10(14)12-11(8)16-5-6-17-12/h7H,2-6,15H2,1H3. The Morgan fingerprint density at radius 3 is 2.53 bits per heavy atom. The minimum atomic E-state index is -0.135. The van der Waals surface area contributed by atoms with E-state index < -0.39 is 0 Å². The number of benzene rings is 1. The maximum absolute atomic E-state index is 6.33. The lowest BCUT2D eigenvalue weighted by Gasteiger charge is -2.26. The predicted molar refractivity (Wildman–Crippen MR) is 69.6 cm³/mol. The molecule has 3 rings (SSSR count). The minimum absolute atomic E-state index is 0.135. The molecule has 1 fully saturated rings. The molecule has 4 heteroatoms. The van der Waals surface area contributed by atoms with Crippen molar-refractivity contribution in [1.29, 1.82) is 0 Å². The highest BCUT2D eigenvalue weighted by molar-refractivity contribution is 9.10. The van der Waals surface area contributed by atoms with Gasteiger partial charge in [-0.3, -0.25) is 0 Å². The third kappa shape index (κ3) is 1.74. The molecule has 3 nitrogen and oxygen atoms in total. The van der Waals surface area contributed by atoms with E-state index >= 15 is 0 Å². The number of hydrogen-bond acceptors (Lipinski definition) is 3. The highest BCUT2D eigenvalue weighted by Crippen LogP contribution is 2.51. The van der Waals surface area contributed by atoms with E-state index in [4.69, 9.17) is 15.2 Å². The number of fused-ring (bicyclic) bond motifs is 1. The van der Waals surface area contributed by atoms with Gasteiger partial charge in [0.1, 0.15) is 13.2 Å². The van der Waals surface area contributed by atoms with Crippen molar-refractivity contribution in [2.75, 3.05) is 13.2 Å². The quantitative estimate of drug-likeness (QED) is 0.913. The Kier molecular flexibility index (Phi) is 2.60. The molecular formula is C13H16BrNO2. The summed E-state index contributed by atoms with van der Waals surface area (Å²) >= 11 is 3.56. The monoisotopic (exact) mass is 297 g/mol. The summed E-state index contributed by atoms with van der Waals surface area (Å²) in [5.41, 5.74) is 8.62. The van der Waals surface area contributed by atoms with Crippen molar-refractivity contribution in [3.8, 4) is 11.5 Å². The first-order valence-corrected chi connectivity index (χ1v) is 6.85. The van der Waals surface area contributed by atoms with Gasteiger partial charge in [-0.05, 0) is 46.8 Å². The van der Waals surface area contributed by atoms with Crippen LogP contribution in [0.5, 0.6) is 11.5 Å². The molecule has 92 valence electrons. The van der Waals surface area contributed by atoms with E-state index in [2.05, 4.69) is 28.9 Å². The first kappa shape index (κ1) is 11.4. The highest BCUT2D eigenvalue weighted by atomic mass is 79.9. The molecule has 0 spiro atoms. The lowest BCUT2D eigenvalue weighted by molar-refractivity contribution is 0.168. The molecule has 2 N–H and O–H groups in total. The van der Waals surface area contributed by atoms with E-state index in [1.165, 1.54) is 11.1 Å². The van der Waals surface area contributed by atoms with Crippen molar-refractivity contribution in [1.82, 2.24) is 0 Å². The summed E-state index contributed by atoms with van der Waals surface area (Å²) in [4.78, 5) is 0. The van der Waals surface area contributed by atoms with Gasteiger partial charge in [-0.2, -0.15) is 0 Å². The Hall–Kier alpha value is -0.740. The van der Waals surface area contributed by atoms with Gasteiger partial charge >= 0.3 is 0 Å². The Morgan fingerprint density at radius 2 is 1.94 bits per heavy atom. The second kappa shape index (κ2) is 3.89. The maximum Gasteiger partial charge on any atom is 0.175 e. The van der Waals surface area contributed by atoms with Crippen LogP contribution in [-0.2, 0) is 12.0 Å². The van der Waals surface area contributed by atoms with Crippen LogP contribution in [0.15, 0.2) is 10.5 Å². The van der Waals surface area contributed by atoms with Crippen molar-refractivity contribution in [2.45, 2.75) is 31.7 Å². The van der Waals surface area contributed by atoms with Crippen LogP contribution in [0.4, 0.5) is 0 Å². The van der Waals surface area contributed by atoms with Crippen LogP contribution >= 0.6 is 15.9 Å². The Balaban J connectivity index is 2.20. The third-order valence-electron chi connectivity index (χ3n) is 3.55. The molecule has 1 saturated carbocycles. The summed E-state index contributed by atoms with van der Waals surface area (Å²) in [7, 11) is 0. The lowest BCUT2D eigenvalue weighted by atomic mass is 9.95. The minimum Gasteiger partial charge on any atom is -0.486 e. The molecular weight excluding hydrogens is 282 g/mol. The van der Waals surface area contributed by atoms with Gasteiger partial charge in [0, 0.05) is 11.1 Å². The van der Waals surface area contributed by atoms with Gasteiger partial charge in [0.25, 0.3) is 0 Å². The molecule has 1 aromatic carbocycles. The smallest absolute Gasteiger partial charge is 0.175 e. The average Bonchev–Trinajstić information content (AvgIpc) is 3.09. The Bertz CT molecular complexity index is 469. The molecule has 0 bridgehead atoms. The number of hydrogen-bond donors (Lipinski definition) is 1. The van der Waals surface area contributed by atoms with E-state index in [9.17, 15) is 0 Å². The first-order valence-electron chi connectivity index (χ1n) is 6.06. The van der Waals surface area contributed by atoms with Gasteiger partial charge in [-0.1, -0.05) is 6.92 Å². The van der Waals surface area contributed by atoms with Gasteiger partial charge in [-0.25, -0.2) is 0 Å². The third-order valence-corrected chi connectivity index (χ3v) is 4.14. The molecule has 0 aromatic heterocycles. The summed E-state index contributed by atoms with van der Waals surface area (Å²) in [5, 5.41) is 0. The Morgan fingerprint density at radius 1 is 1.29 bits per heavy atom. The predicted octanol–water partition coefficient (Wildman–Crippen LogP) is 2.73. The fourth-order valence-corrected chi connectivity index (χ4v) is 2.94. The zero-order valence-electron chi connectivity index (χ0n) is 9.88. The molecule has 0 atom stereocenters. The molecule has 1 heterocycles. The fourth-order valence-electron chi connectivity index (χ4n) is 2.42. The molecule has 1 aromatic rings. The van der Waals surface area contributed by atoms with E-state index in [-0.39, 0.29) is 5.54 Å². The average molecular weight is 298 g/mol. The lowest BCUT2D eigenvalue weighted by Crippen LogP contribution is -2.23.